The Balaban J connectivity index is 2.48. The van der Waals surface area contributed by atoms with E-state index >= 15 is 0 Å². The van der Waals surface area contributed by atoms with Gasteiger partial charge in [-0.3, -0.25) is 4.79 Å². The molecular formula is C9H14N2OS. The first-order valence-corrected chi connectivity index (χ1v) is 5.27. The summed E-state index contributed by atoms with van der Waals surface area (Å²) in [5, 5.41) is 0. The molecule has 0 radical (unpaired) electrons. The molecule has 1 aromatic rings. The maximum absolute atomic E-state index is 11.1. The second kappa shape index (κ2) is 2.69. The lowest BCUT2D eigenvalue weighted by Crippen LogP contribution is -2.28. The number of thiazole rings is 1. The first-order chi connectivity index (χ1) is 5.98. The largest absolute Gasteiger partial charge is 0.323 e. The SMILES string of the molecule is CC1(C)Cc2[nH]c(=O)sc2C(N)C1. The van der Waals surface area contributed by atoms with Gasteiger partial charge < -0.3 is 10.7 Å². The van der Waals surface area contributed by atoms with Crippen molar-refractivity contribution < 1.29 is 0 Å². The van der Waals surface area contributed by atoms with Crippen LogP contribution >= 0.6 is 11.3 Å². The van der Waals surface area contributed by atoms with E-state index in [0.29, 0.717) is 0 Å². The average Bonchev–Trinajstić information content (AvgIpc) is 2.27. The maximum atomic E-state index is 11.1. The average molecular weight is 198 g/mol. The number of hydrogen-bond acceptors (Lipinski definition) is 3. The van der Waals surface area contributed by atoms with Gasteiger partial charge in [-0.2, -0.15) is 0 Å². The molecular weight excluding hydrogens is 184 g/mol. The van der Waals surface area contributed by atoms with E-state index in [1.165, 1.54) is 11.3 Å². The van der Waals surface area contributed by atoms with Crippen LogP contribution in [0.3, 0.4) is 0 Å². The molecule has 13 heavy (non-hydrogen) atoms. The highest BCUT2D eigenvalue weighted by Crippen LogP contribution is 2.39. The first kappa shape index (κ1) is 8.97. The normalized spacial score (nSPS) is 25.6. The van der Waals surface area contributed by atoms with Crippen LogP contribution in [0.1, 0.15) is 36.9 Å². The molecule has 0 saturated heterocycles. The van der Waals surface area contributed by atoms with Gasteiger partial charge in [0.05, 0.1) is 0 Å². The number of aromatic nitrogens is 1. The van der Waals surface area contributed by atoms with Crippen molar-refractivity contribution in [2.24, 2.45) is 11.1 Å². The lowest BCUT2D eigenvalue weighted by Gasteiger charge is -2.32. The smallest absolute Gasteiger partial charge is 0.304 e. The van der Waals surface area contributed by atoms with Crippen LogP contribution < -0.4 is 10.6 Å². The maximum Gasteiger partial charge on any atom is 0.304 e. The van der Waals surface area contributed by atoms with E-state index < -0.39 is 0 Å². The van der Waals surface area contributed by atoms with Crippen LogP contribution in [0, 0.1) is 5.41 Å². The fourth-order valence-electron chi connectivity index (χ4n) is 2.04. The standard InChI is InChI=1S/C9H14N2OS/c1-9(2)3-5(10)7-6(4-9)11-8(12)13-7/h5H,3-4,10H2,1-2H3,(H,11,12). The second-order valence-electron chi connectivity index (χ2n) is 4.51. The molecule has 1 heterocycles. The van der Waals surface area contributed by atoms with Crippen molar-refractivity contribution in [2.75, 3.05) is 0 Å². The molecule has 1 atom stereocenters. The van der Waals surface area contributed by atoms with Crippen LogP contribution in [0.15, 0.2) is 4.79 Å². The quantitative estimate of drug-likeness (QED) is 0.662. The summed E-state index contributed by atoms with van der Waals surface area (Å²) in [5.41, 5.74) is 7.26. The molecule has 0 bridgehead atoms. The summed E-state index contributed by atoms with van der Waals surface area (Å²) in [6, 6.07) is 0.0442. The fourth-order valence-corrected chi connectivity index (χ4v) is 2.90. The molecule has 3 N–H and O–H groups in total. The Hall–Kier alpha value is -0.610. The highest BCUT2D eigenvalue weighted by molar-refractivity contribution is 7.09. The van der Waals surface area contributed by atoms with Crippen LogP contribution in [0.25, 0.3) is 0 Å². The lowest BCUT2D eigenvalue weighted by atomic mass is 9.77. The van der Waals surface area contributed by atoms with Gasteiger partial charge in [0.1, 0.15) is 0 Å². The summed E-state index contributed by atoms with van der Waals surface area (Å²) < 4.78 is 0. The molecule has 1 aromatic heterocycles. The minimum Gasteiger partial charge on any atom is -0.323 e. The first-order valence-electron chi connectivity index (χ1n) is 4.45. The van der Waals surface area contributed by atoms with Crippen LogP contribution in [0.4, 0.5) is 0 Å². The van der Waals surface area contributed by atoms with Gasteiger partial charge in [0, 0.05) is 16.6 Å². The molecule has 0 saturated carbocycles. The van der Waals surface area contributed by atoms with Gasteiger partial charge in [0.25, 0.3) is 0 Å². The number of hydrogen-bond donors (Lipinski definition) is 2. The molecule has 3 nitrogen and oxygen atoms in total. The zero-order chi connectivity index (χ0) is 9.64. The van der Waals surface area contributed by atoms with Crippen molar-refractivity contribution in [3.05, 3.63) is 20.2 Å². The van der Waals surface area contributed by atoms with Crippen LogP contribution in [0.5, 0.6) is 0 Å². The summed E-state index contributed by atoms with van der Waals surface area (Å²) in [4.78, 5) is 15.1. The van der Waals surface area contributed by atoms with Crippen molar-refractivity contribution >= 4 is 11.3 Å². The van der Waals surface area contributed by atoms with Crippen molar-refractivity contribution in [1.82, 2.24) is 4.98 Å². The minimum atomic E-state index is 0.0261. The number of rotatable bonds is 0. The number of H-pyrrole nitrogens is 1. The predicted octanol–water partition coefficient (Wildman–Crippen LogP) is 1.41. The molecule has 72 valence electrons. The van der Waals surface area contributed by atoms with Crippen molar-refractivity contribution in [1.29, 1.82) is 0 Å². The molecule has 1 aliphatic rings. The Morgan fingerprint density at radius 1 is 1.62 bits per heavy atom. The van der Waals surface area contributed by atoms with Gasteiger partial charge >= 0.3 is 4.87 Å². The number of fused-ring (bicyclic) bond motifs is 1. The Bertz CT molecular complexity index is 377. The van der Waals surface area contributed by atoms with E-state index in [4.69, 9.17) is 5.73 Å². The predicted molar refractivity (Wildman–Crippen MR) is 54.0 cm³/mol. The summed E-state index contributed by atoms with van der Waals surface area (Å²) in [6.07, 6.45) is 1.91. The van der Waals surface area contributed by atoms with Crippen molar-refractivity contribution in [3.8, 4) is 0 Å². The number of nitrogens with one attached hydrogen (secondary N) is 1. The van der Waals surface area contributed by atoms with E-state index in [0.717, 1.165) is 23.4 Å². The zero-order valence-electron chi connectivity index (χ0n) is 7.89. The van der Waals surface area contributed by atoms with E-state index in [2.05, 4.69) is 18.8 Å². The lowest BCUT2D eigenvalue weighted by molar-refractivity contribution is 0.282. The van der Waals surface area contributed by atoms with E-state index in [-0.39, 0.29) is 16.3 Å². The molecule has 0 aromatic carbocycles. The monoisotopic (exact) mass is 198 g/mol. The Kier molecular flexibility index (Phi) is 1.85. The zero-order valence-corrected chi connectivity index (χ0v) is 8.70. The van der Waals surface area contributed by atoms with Crippen LogP contribution in [0.2, 0.25) is 0 Å². The topological polar surface area (TPSA) is 58.9 Å². The number of aromatic amines is 1. The molecule has 1 unspecified atom stereocenters. The van der Waals surface area contributed by atoms with Gasteiger partial charge in [0.2, 0.25) is 0 Å². The Labute approximate surface area is 81.0 Å². The van der Waals surface area contributed by atoms with E-state index in [9.17, 15) is 4.79 Å². The van der Waals surface area contributed by atoms with Gasteiger partial charge in [-0.15, -0.1) is 0 Å². The van der Waals surface area contributed by atoms with Gasteiger partial charge in [0.15, 0.2) is 0 Å². The molecule has 2 rings (SSSR count). The molecule has 0 fully saturated rings. The molecule has 0 amide bonds. The summed E-state index contributed by atoms with van der Waals surface area (Å²) in [7, 11) is 0. The summed E-state index contributed by atoms with van der Waals surface area (Å²) in [6.45, 7) is 4.37. The van der Waals surface area contributed by atoms with Crippen LogP contribution in [-0.2, 0) is 6.42 Å². The minimum absolute atomic E-state index is 0.0261. The molecule has 0 aliphatic heterocycles. The summed E-state index contributed by atoms with van der Waals surface area (Å²) >= 11 is 1.26. The fraction of sp³-hybridized carbons (Fsp3) is 0.667. The van der Waals surface area contributed by atoms with Gasteiger partial charge in [-0.05, 0) is 18.3 Å². The van der Waals surface area contributed by atoms with Gasteiger partial charge in [-0.1, -0.05) is 25.2 Å². The molecule has 0 spiro atoms. The summed E-state index contributed by atoms with van der Waals surface area (Å²) in [5.74, 6) is 0. The molecule has 4 heteroatoms. The third kappa shape index (κ3) is 1.56. The Morgan fingerprint density at radius 2 is 2.31 bits per heavy atom. The van der Waals surface area contributed by atoms with Crippen molar-refractivity contribution in [3.63, 3.8) is 0 Å². The molecule has 1 aliphatic carbocycles. The second-order valence-corrected chi connectivity index (χ2v) is 5.52. The van der Waals surface area contributed by atoms with E-state index in [1.54, 1.807) is 0 Å². The highest BCUT2D eigenvalue weighted by atomic mass is 32.1. The van der Waals surface area contributed by atoms with E-state index in [1.807, 2.05) is 0 Å². The third-order valence-electron chi connectivity index (χ3n) is 2.52. The third-order valence-corrected chi connectivity index (χ3v) is 3.57. The van der Waals surface area contributed by atoms with Gasteiger partial charge in [-0.25, -0.2) is 0 Å². The number of nitrogens with two attached hydrogens (primary N) is 1. The highest BCUT2D eigenvalue weighted by Gasteiger charge is 2.32. The Morgan fingerprint density at radius 3 is 3.00 bits per heavy atom. The van der Waals surface area contributed by atoms with Crippen molar-refractivity contribution in [2.45, 2.75) is 32.7 Å². The van der Waals surface area contributed by atoms with Crippen LogP contribution in [-0.4, -0.2) is 4.98 Å².